The van der Waals surface area contributed by atoms with E-state index in [-0.39, 0.29) is 12.0 Å². The molecule has 3 unspecified atom stereocenters. The Labute approximate surface area is 111 Å². The quantitative estimate of drug-likeness (QED) is 0.474. The molecule has 0 aliphatic carbocycles. The Bertz CT molecular complexity index is 264. The first-order valence-electron chi connectivity index (χ1n) is 7.50. The molecule has 106 valence electrons. The second-order valence-corrected chi connectivity index (χ2v) is 5.55. The summed E-state index contributed by atoms with van der Waals surface area (Å²) in [4.78, 5) is 11.4. The third-order valence-corrected chi connectivity index (χ3v) is 4.15. The average Bonchev–Trinajstić information content (AvgIpc) is 3.01. The van der Waals surface area contributed by atoms with Gasteiger partial charge in [0.1, 0.15) is 0 Å². The van der Waals surface area contributed by atoms with Gasteiger partial charge in [-0.3, -0.25) is 0 Å². The van der Waals surface area contributed by atoms with E-state index >= 15 is 0 Å². The maximum absolute atomic E-state index is 11.4. The van der Waals surface area contributed by atoms with Gasteiger partial charge in [-0.25, -0.2) is 4.79 Å². The van der Waals surface area contributed by atoms with Crippen molar-refractivity contribution in [3.63, 3.8) is 0 Å². The van der Waals surface area contributed by atoms with Crippen molar-refractivity contribution in [3.8, 4) is 0 Å². The van der Waals surface area contributed by atoms with Gasteiger partial charge in [0.05, 0.1) is 6.10 Å². The Morgan fingerprint density at radius 3 is 2.22 bits per heavy atom. The van der Waals surface area contributed by atoms with Crippen molar-refractivity contribution in [2.45, 2.75) is 83.8 Å². The van der Waals surface area contributed by atoms with Crippen molar-refractivity contribution in [2.24, 2.45) is 5.92 Å². The summed E-state index contributed by atoms with van der Waals surface area (Å²) < 4.78 is 5.46. The minimum atomic E-state index is -0.860. The van der Waals surface area contributed by atoms with Crippen LogP contribution in [0, 0.1) is 5.92 Å². The van der Waals surface area contributed by atoms with Crippen LogP contribution in [0.2, 0.25) is 0 Å². The Balaban J connectivity index is 2.42. The molecule has 0 aromatic carbocycles. The number of carbonyl (C=O) groups is 1. The number of unbranched alkanes of at least 4 members (excludes halogenated alkanes) is 4. The Morgan fingerprint density at radius 2 is 1.78 bits per heavy atom. The molecule has 1 saturated heterocycles. The molecule has 1 heterocycles. The second kappa shape index (κ2) is 7.13. The zero-order valence-electron chi connectivity index (χ0n) is 12.1. The van der Waals surface area contributed by atoms with Crippen molar-refractivity contribution in [1.82, 2.24) is 0 Å². The minimum absolute atomic E-state index is 0.109. The molecule has 1 aliphatic heterocycles. The molecular formula is C15H28O3. The van der Waals surface area contributed by atoms with Crippen LogP contribution >= 0.6 is 0 Å². The number of aliphatic carboxylic acids is 1. The van der Waals surface area contributed by atoms with Crippen LogP contribution in [0.25, 0.3) is 0 Å². The Hall–Kier alpha value is -0.570. The predicted molar refractivity (Wildman–Crippen MR) is 72.7 cm³/mol. The first-order valence-corrected chi connectivity index (χ1v) is 7.50. The Kier molecular flexibility index (Phi) is 6.13. The largest absolute Gasteiger partial charge is 0.479 e. The highest BCUT2D eigenvalue weighted by Gasteiger charge is 2.64. The number of hydrogen-bond donors (Lipinski definition) is 1. The molecule has 0 radical (unpaired) electrons. The number of carboxylic acids is 1. The van der Waals surface area contributed by atoms with Gasteiger partial charge in [0.25, 0.3) is 0 Å². The summed E-state index contributed by atoms with van der Waals surface area (Å²) in [6.45, 7) is 6.21. The molecular weight excluding hydrogens is 228 g/mol. The van der Waals surface area contributed by atoms with Gasteiger partial charge in [-0.2, -0.15) is 0 Å². The van der Waals surface area contributed by atoms with Crippen molar-refractivity contribution in [1.29, 1.82) is 0 Å². The van der Waals surface area contributed by atoms with E-state index in [4.69, 9.17) is 4.74 Å². The normalized spacial score (nSPS) is 28.1. The van der Waals surface area contributed by atoms with Crippen LogP contribution in [0.5, 0.6) is 0 Å². The fourth-order valence-electron chi connectivity index (χ4n) is 3.00. The average molecular weight is 256 g/mol. The van der Waals surface area contributed by atoms with Gasteiger partial charge in [-0.1, -0.05) is 52.4 Å². The van der Waals surface area contributed by atoms with Crippen molar-refractivity contribution >= 4 is 5.97 Å². The van der Waals surface area contributed by atoms with E-state index in [1.807, 2.05) is 6.92 Å². The van der Waals surface area contributed by atoms with Crippen molar-refractivity contribution in [2.75, 3.05) is 0 Å². The van der Waals surface area contributed by atoms with Gasteiger partial charge in [0.15, 0.2) is 5.60 Å². The van der Waals surface area contributed by atoms with Crippen LogP contribution in [-0.4, -0.2) is 22.8 Å². The standard InChI is InChI=1S/C15H28O3/c1-4-6-7-8-9-11-13(10-5-2)15(14(16)17)12(3)18-15/h12-13H,4-11H2,1-3H3,(H,16,17). The summed E-state index contributed by atoms with van der Waals surface area (Å²) in [5, 5.41) is 9.39. The molecule has 0 aromatic heterocycles. The van der Waals surface area contributed by atoms with Crippen molar-refractivity contribution in [3.05, 3.63) is 0 Å². The lowest BCUT2D eigenvalue weighted by molar-refractivity contribution is -0.145. The van der Waals surface area contributed by atoms with E-state index in [9.17, 15) is 9.90 Å². The van der Waals surface area contributed by atoms with Gasteiger partial charge in [-0.15, -0.1) is 0 Å². The molecule has 0 saturated carbocycles. The Morgan fingerprint density at radius 1 is 1.17 bits per heavy atom. The molecule has 1 fully saturated rings. The molecule has 1 aliphatic rings. The van der Waals surface area contributed by atoms with Gasteiger partial charge in [0.2, 0.25) is 0 Å². The van der Waals surface area contributed by atoms with Gasteiger partial charge >= 0.3 is 5.97 Å². The van der Waals surface area contributed by atoms with Gasteiger partial charge in [0, 0.05) is 5.92 Å². The smallest absolute Gasteiger partial charge is 0.339 e. The number of epoxide rings is 1. The molecule has 1 N–H and O–H groups in total. The summed E-state index contributed by atoms with van der Waals surface area (Å²) in [7, 11) is 0. The van der Waals surface area contributed by atoms with Crippen molar-refractivity contribution < 1.29 is 14.6 Å². The summed E-state index contributed by atoms with van der Waals surface area (Å²) in [6.07, 6.45) is 9.04. The highest BCUT2D eigenvalue weighted by molar-refractivity contribution is 5.81. The van der Waals surface area contributed by atoms with Gasteiger partial charge in [-0.05, 0) is 19.8 Å². The highest BCUT2D eigenvalue weighted by atomic mass is 16.6. The van der Waals surface area contributed by atoms with Crippen LogP contribution in [0.4, 0.5) is 0 Å². The van der Waals surface area contributed by atoms with E-state index in [2.05, 4.69) is 13.8 Å². The zero-order chi connectivity index (χ0) is 13.6. The van der Waals surface area contributed by atoms with E-state index in [1.54, 1.807) is 0 Å². The highest BCUT2D eigenvalue weighted by Crippen LogP contribution is 2.47. The number of carboxylic acid groups (broad SMARTS) is 1. The lowest BCUT2D eigenvalue weighted by Crippen LogP contribution is -2.35. The maximum atomic E-state index is 11.4. The van der Waals surface area contributed by atoms with E-state index in [0.717, 1.165) is 25.7 Å². The maximum Gasteiger partial charge on any atom is 0.339 e. The number of ether oxygens (including phenoxy) is 1. The third-order valence-electron chi connectivity index (χ3n) is 4.15. The van der Waals surface area contributed by atoms with Crippen LogP contribution < -0.4 is 0 Å². The van der Waals surface area contributed by atoms with Crippen LogP contribution in [0.1, 0.15) is 72.1 Å². The molecule has 0 bridgehead atoms. The molecule has 0 amide bonds. The van der Waals surface area contributed by atoms with E-state index in [1.165, 1.54) is 25.7 Å². The van der Waals surface area contributed by atoms with E-state index in [0.29, 0.717) is 0 Å². The SMILES string of the molecule is CCCCCCCC(CCC)C1(C(=O)O)OC1C. The van der Waals surface area contributed by atoms with Crippen LogP contribution in [-0.2, 0) is 9.53 Å². The topological polar surface area (TPSA) is 49.8 Å². The third kappa shape index (κ3) is 3.47. The zero-order valence-corrected chi connectivity index (χ0v) is 12.1. The first kappa shape index (κ1) is 15.5. The molecule has 1 rings (SSSR count). The fourth-order valence-corrected chi connectivity index (χ4v) is 3.00. The molecule has 3 nitrogen and oxygen atoms in total. The molecule has 3 atom stereocenters. The van der Waals surface area contributed by atoms with Crippen LogP contribution in [0.3, 0.4) is 0 Å². The first-order chi connectivity index (χ1) is 8.59. The van der Waals surface area contributed by atoms with E-state index < -0.39 is 11.6 Å². The number of rotatable bonds is 10. The lowest BCUT2D eigenvalue weighted by atomic mass is 9.82. The summed E-state index contributed by atoms with van der Waals surface area (Å²) in [5.41, 5.74) is -0.860. The summed E-state index contributed by atoms with van der Waals surface area (Å²) in [6, 6.07) is 0. The molecule has 3 heteroatoms. The summed E-state index contributed by atoms with van der Waals surface area (Å²) in [5.74, 6) is -0.571. The summed E-state index contributed by atoms with van der Waals surface area (Å²) >= 11 is 0. The molecule has 0 spiro atoms. The lowest BCUT2D eigenvalue weighted by Gasteiger charge is -2.21. The monoisotopic (exact) mass is 256 g/mol. The second-order valence-electron chi connectivity index (χ2n) is 5.55. The van der Waals surface area contributed by atoms with Crippen LogP contribution in [0.15, 0.2) is 0 Å². The fraction of sp³-hybridized carbons (Fsp3) is 0.933. The van der Waals surface area contributed by atoms with Gasteiger partial charge < -0.3 is 9.84 Å². The minimum Gasteiger partial charge on any atom is -0.479 e. The molecule has 0 aromatic rings. The number of hydrogen-bond acceptors (Lipinski definition) is 2. The predicted octanol–water partition coefficient (Wildman–Crippen LogP) is 4.01. The molecule has 18 heavy (non-hydrogen) atoms.